The summed E-state index contributed by atoms with van der Waals surface area (Å²) in [4.78, 5) is 25.2. The monoisotopic (exact) mass is 1380 g/mol. The Balaban J connectivity index is 1.89. The van der Waals surface area contributed by atoms with E-state index in [1.54, 1.807) is 6.08 Å². The topological polar surface area (TPSA) is 175 Å². The van der Waals surface area contributed by atoms with Gasteiger partial charge in [0.15, 0.2) is 6.29 Å². The molecule has 0 aromatic carbocycles. The first kappa shape index (κ1) is 93.6. The van der Waals surface area contributed by atoms with E-state index in [9.17, 15) is 35.1 Å². The molecule has 0 spiro atoms. The zero-order valence-corrected chi connectivity index (χ0v) is 64.5. The number of esters is 1. The summed E-state index contributed by atoms with van der Waals surface area (Å²) in [7, 11) is 0. The summed E-state index contributed by atoms with van der Waals surface area (Å²) in [5.41, 5.74) is 0. The second kappa shape index (κ2) is 75.8. The summed E-state index contributed by atoms with van der Waals surface area (Å²) in [5.74, 6) is -0.167. The highest BCUT2D eigenvalue weighted by Crippen LogP contribution is 2.24. The molecule has 7 unspecified atom stereocenters. The van der Waals surface area contributed by atoms with Crippen LogP contribution < -0.4 is 5.32 Å². The summed E-state index contributed by atoms with van der Waals surface area (Å²) in [6.07, 6.45) is 91.7. The molecule has 11 heteroatoms. The van der Waals surface area contributed by atoms with Gasteiger partial charge in [-0.2, -0.15) is 0 Å². The molecule has 1 rings (SSSR count). The molecule has 0 aromatic rings. The van der Waals surface area contributed by atoms with Gasteiger partial charge >= 0.3 is 5.97 Å². The van der Waals surface area contributed by atoms with Crippen molar-refractivity contribution >= 4 is 11.9 Å². The third-order valence-corrected chi connectivity index (χ3v) is 20.4. The fourth-order valence-electron chi connectivity index (χ4n) is 13.7. The van der Waals surface area contributed by atoms with Gasteiger partial charge in [0.1, 0.15) is 24.4 Å². The second-order valence-electron chi connectivity index (χ2n) is 29.9. The predicted molar refractivity (Wildman–Crippen MR) is 417 cm³/mol. The molecule has 6 N–H and O–H groups in total. The number of aliphatic hydroxyl groups is 5. The number of hydrogen-bond donors (Lipinski definition) is 6. The van der Waals surface area contributed by atoms with Gasteiger partial charge in [0.05, 0.1) is 32.0 Å². The van der Waals surface area contributed by atoms with E-state index < -0.39 is 49.5 Å². The average Bonchev–Trinajstić information content (AvgIpc) is 0.823. The molecule has 1 aliphatic rings. The van der Waals surface area contributed by atoms with E-state index in [0.29, 0.717) is 19.4 Å². The first-order chi connectivity index (χ1) is 48.2. The molecule has 0 aliphatic carbocycles. The number of carbonyl (C=O) groups is 2. The van der Waals surface area contributed by atoms with Crippen LogP contribution >= 0.6 is 0 Å². The third kappa shape index (κ3) is 63.3. The fraction of sp³-hybridized carbons (Fsp3) is 0.885. The Bertz CT molecular complexity index is 1770. The van der Waals surface area contributed by atoms with Crippen LogP contribution in [-0.2, 0) is 23.8 Å². The van der Waals surface area contributed by atoms with Crippen LogP contribution in [0.25, 0.3) is 0 Å². The highest BCUT2D eigenvalue weighted by atomic mass is 16.7. The Morgan fingerprint density at radius 3 is 1.07 bits per heavy atom. The summed E-state index contributed by atoms with van der Waals surface area (Å²) in [5, 5.41) is 54.6. The zero-order chi connectivity index (χ0) is 70.8. The van der Waals surface area contributed by atoms with E-state index in [1.165, 1.54) is 347 Å². The fourth-order valence-corrected chi connectivity index (χ4v) is 13.7. The largest absolute Gasteiger partial charge is 0.466 e. The highest BCUT2D eigenvalue weighted by molar-refractivity contribution is 5.76. The van der Waals surface area contributed by atoms with Crippen molar-refractivity contribution in [3.8, 4) is 0 Å². The molecule has 0 bridgehead atoms. The standard InChI is InChI=1S/C87H163NO10/c1-3-5-7-9-11-13-15-17-19-43-47-51-55-59-63-67-71-75-83(92)96-76-72-68-64-60-56-52-48-45-42-40-38-36-34-32-30-28-26-24-22-20-21-23-25-27-29-31-33-35-37-39-41-44-46-50-54-58-62-66-70-74-82(91)88-79(78-97-87-86(95)85(94)84(93)81(77-89)98-87)80(90)73-69-65-61-57-53-49-18-16-14-12-10-8-6-4-2/h20-21,24,26,53,57,69,73,79-81,84-87,89-90,93-95H,3-19,22-23,25,27-52,54-56,58-68,70-72,74-78H2,1-2H3,(H,88,91)/b21-20-,26-24-,57-53+,73-69+. The van der Waals surface area contributed by atoms with Crippen molar-refractivity contribution in [2.45, 2.75) is 474 Å². The molecule has 1 fully saturated rings. The van der Waals surface area contributed by atoms with Crippen molar-refractivity contribution in [2.75, 3.05) is 19.8 Å². The molecule has 0 radical (unpaired) electrons. The van der Waals surface area contributed by atoms with Crippen molar-refractivity contribution < 1.29 is 49.3 Å². The van der Waals surface area contributed by atoms with E-state index in [1.807, 2.05) is 6.08 Å². The van der Waals surface area contributed by atoms with Gasteiger partial charge < -0.3 is 45.1 Å². The summed E-state index contributed by atoms with van der Waals surface area (Å²) >= 11 is 0. The zero-order valence-electron chi connectivity index (χ0n) is 64.5. The number of aliphatic hydroxyl groups excluding tert-OH is 5. The average molecular weight is 1380 g/mol. The minimum absolute atomic E-state index is 0.0192. The van der Waals surface area contributed by atoms with Gasteiger partial charge in [-0.15, -0.1) is 0 Å². The van der Waals surface area contributed by atoms with Gasteiger partial charge in [-0.25, -0.2) is 0 Å². The Labute approximate surface area is 606 Å². The van der Waals surface area contributed by atoms with Crippen molar-refractivity contribution in [3.63, 3.8) is 0 Å². The molecule has 1 aliphatic heterocycles. The maximum Gasteiger partial charge on any atom is 0.305 e. The van der Waals surface area contributed by atoms with Gasteiger partial charge in [-0.05, 0) is 77.0 Å². The van der Waals surface area contributed by atoms with Crippen molar-refractivity contribution in [2.24, 2.45) is 0 Å². The van der Waals surface area contributed by atoms with Crippen LogP contribution in [0.5, 0.6) is 0 Å². The summed E-state index contributed by atoms with van der Waals surface area (Å²) in [6.45, 7) is 4.39. The lowest BCUT2D eigenvalue weighted by Gasteiger charge is -2.40. The quantitative estimate of drug-likeness (QED) is 0.0195. The van der Waals surface area contributed by atoms with Gasteiger partial charge in [-0.3, -0.25) is 9.59 Å². The maximum atomic E-state index is 13.1. The molecule has 1 heterocycles. The molecular weight excluding hydrogens is 1220 g/mol. The van der Waals surface area contributed by atoms with Gasteiger partial charge in [0, 0.05) is 12.8 Å². The van der Waals surface area contributed by atoms with Crippen LogP contribution in [0.2, 0.25) is 0 Å². The Hall–Kier alpha value is -2.38. The van der Waals surface area contributed by atoms with Crippen molar-refractivity contribution in [3.05, 3.63) is 48.6 Å². The lowest BCUT2D eigenvalue weighted by Crippen LogP contribution is -2.60. The van der Waals surface area contributed by atoms with Gasteiger partial charge in [0.25, 0.3) is 0 Å². The normalized spacial score (nSPS) is 17.4. The van der Waals surface area contributed by atoms with Crippen LogP contribution in [0.1, 0.15) is 431 Å². The minimum Gasteiger partial charge on any atom is -0.466 e. The van der Waals surface area contributed by atoms with Crippen LogP contribution in [0, 0.1) is 0 Å². The summed E-state index contributed by atoms with van der Waals surface area (Å²) in [6, 6.07) is -0.826. The number of amides is 1. The number of hydrogen-bond acceptors (Lipinski definition) is 10. The third-order valence-electron chi connectivity index (χ3n) is 20.4. The van der Waals surface area contributed by atoms with E-state index in [0.717, 1.165) is 57.8 Å². The molecule has 1 amide bonds. The minimum atomic E-state index is -1.58. The highest BCUT2D eigenvalue weighted by Gasteiger charge is 2.44. The Kier molecular flexibility index (Phi) is 72.4. The first-order valence-corrected chi connectivity index (χ1v) is 42.9. The SMILES string of the molecule is CCCCCCCCCC/C=C/CC/C=C/C(O)C(COC1OC(CO)C(O)C(O)C1O)NC(=O)CCCCCCCCCCCCCCCCCCC/C=C\C/C=C\CCCCCCCCCCCCCCCCCOC(=O)CCCCCCCCCCCCCCCCCCC. The van der Waals surface area contributed by atoms with Crippen molar-refractivity contribution in [1.82, 2.24) is 5.32 Å². The lowest BCUT2D eigenvalue weighted by molar-refractivity contribution is -0.302. The van der Waals surface area contributed by atoms with Crippen molar-refractivity contribution in [1.29, 1.82) is 0 Å². The number of rotatable bonds is 77. The number of allylic oxidation sites excluding steroid dienone is 7. The summed E-state index contributed by atoms with van der Waals surface area (Å²) < 4.78 is 16.8. The molecule has 7 atom stereocenters. The number of ether oxygens (including phenoxy) is 3. The van der Waals surface area contributed by atoms with E-state index in [-0.39, 0.29) is 18.5 Å². The number of nitrogens with one attached hydrogen (secondary N) is 1. The number of unbranched alkanes of at least 4 members (excludes halogenated alkanes) is 57. The first-order valence-electron chi connectivity index (χ1n) is 42.9. The second-order valence-corrected chi connectivity index (χ2v) is 29.9. The van der Waals surface area contributed by atoms with Gasteiger partial charge in [-0.1, -0.05) is 390 Å². The maximum absolute atomic E-state index is 13.1. The van der Waals surface area contributed by atoms with Gasteiger partial charge in [0.2, 0.25) is 5.91 Å². The smallest absolute Gasteiger partial charge is 0.305 e. The van der Waals surface area contributed by atoms with Crippen LogP contribution in [0.4, 0.5) is 0 Å². The van der Waals surface area contributed by atoms with Crippen LogP contribution in [0.15, 0.2) is 48.6 Å². The van der Waals surface area contributed by atoms with Crippen LogP contribution in [-0.4, -0.2) is 100 Å². The predicted octanol–water partition coefficient (Wildman–Crippen LogP) is 23.8. The molecule has 11 nitrogen and oxygen atoms in total. The van der Waals surface area contributed by atoms with E-state index >= 15 is 0 Å². The molecule has 0 saturated carbocycles. The Morgan fingerprint density at radius 1 is 0.378 bits per heavy atom. The molecule has 1 saturated heterocycles. The molecule has 98 heavy (non-hydrogen) atoms. The Morgan fingerprint density at radius 2 is 0.694 bits per heavy atom. The molecular formula is C87H163NO10. The van der Waals surface area contributed by atoms with E-state index in [4.69, 9.17) is 14.2 Å². The molecule has 576 valence electrons. The number of carbonyl (C=O) groups excluding carboxylic acids is 2. The molecule has 0 aromatic heterocycles. The van der Waals surface area contributed by atoms with E-state index in [2.05, 4.69) is 55.6 Å². The lowest BCUT2D eigenvalue weighted by atomic mass is 9.99. The van der Waals surface area contributed by atoms with Crippen LogP contribution in [0.3, 0.4) is 0 Å².